The molecule has 0 unspecified atom stereocenters. The Kier molecular flexibility index (Phi) is 5.28. The fraction of sp³-hybridized carbons (Fsp3) is 0.435. The molecule has 6 nitrogen and oxygen atoms in total. The minimum atomic E-state index is 0.00391. The Hall–Kier alpha value is -2.51. The highest BCUT2D eigenvalue weighted by Gasteiger charge is 2.38. The highest BCUT2D eigenvalue weighted by molar-refractivity contribution is 7.15. The molecule has 0 radical (unpaired) electrons. The van der Waals surface area contributed by atoms with E-state index in [1.807, 2.05) is 37.4 Å². The van der Waals surface area contributed by atoms with Crippen LogP contribution in [-0.4, -0.2) is 37.5 Å². The number of phenols is 1. The van der Waals surface area contributed by atoms with E-state index in [1.54, 1.807) is 17.4 Å². The molecule has 30 heavy (non-hydrogen) atoms. The van der Waals surface area contributed by atoms with Gasteiger partial charge in [0.15, 0.2) is 0 Å². The Morgan fingerprint density at radius 1 is 1.07 bits per heavy atom. The normalized spacial score (nSPS) is 18.3. The van der Waals surface area contributed by atoms with Gasteiger partial charge < -0.3 is 15.2 Å². The van der Waals surface area contributed by atoms with Gasteiger partial charge in [-0.25, -0.2) is 4.98 Å². The van der Waals surface area contributed by atoms with E-state index in [-0.39, 0.29) is 22.9 Å². The van der Waals surface area contributed by atoms with Crippen LogP contribution in [0, 0.1) is 6.92 Å². The summed E-state index contributed by atoms with van der Waals surface area (Å²) in [6.45, 7) is 10.7. The summed E-state index contributed by atoms with van der Waals surface area (Å²) in [6, 6.07) is 9.23. The topological polar surface area (TPSA) is 80.2 Å². The van der Waals surface area contributed by atoms with Gasteiger partial charge in [0.2, 0.25) is 5.88 Å². The molecule has 7 heteroatoms. The molecular weight excluding hydrogens is 396 g/mol. The van der Waals surface area contributed by atoms with Gasteiger partial charge in [-0.05, 0) is 58.4 Å². The van der Waals surface area contributed by atoms with Gasteiger partial charge in [0, 0.05) is 41.7 Å². The lowest BCUT2D eigenvalue weighted by Crippen LogP contribution is -2.60. The Bertz CT molecular complexity index is 1030. The number of piperidine rings is 1. The zero-order valence-electron chi connectivity index (χ0n) is 18.1. The third kappa shape index (κ3) is 4.63. The first-order valence-electron chi connectivity index (χ1n) is 10.2. The highest BCUT2D eigenvalue weighted by Crippen LogP contribution is 2.35. The summed E-state index contributed by atoms with van der Waals surface area (Å²) in [5.41, 5.74) is 2.19. The molecule has 0 atom stereocenters. The van der Waals surface area contributed by atoms with Crippen molar-refractivity contribution in [2.24, 2.45) is 0 Å². The molecule has 3 heterocycles. The molecule has 1 aromatic carbocycles. The number of hydrogen-bond donors (Lipinski definition) is 2. The summed E-state index contributed by atoms with van der Waals surface area (Å²) in [6.07, 6.45) is 3.70. The number of nitrogens with zero attached hydrogens (tertiary/aromatic N) is 3. The van der Waals surface area contributed by atoms with Crippen molar-refractivity contribution in [3.63, 3.8) is 0 Å². The van der Waals surface area contributed by atoms with Gasteiger partial charge >= 0.3 is 0 Å². The zero-order chi connectivity index (χ0) is 21.5. The molecule has 0 aliphatic carbocycles. The number of benzene rings is 1. The van der Waals surface area contributed by atoms with Crippen molar-refractivity contribution < 1.29 is 9.84 Å². The lowest BCUT2D eigenvalue weighted by atomic mass is 9.81. The largest absolute Gasteiger partial charge is 0.507 e. The van der Waals surface area contributed by atoms with E-state index in [4.69, 9.17) is 4.74 Å². The summed E-state index contributed by atoms with van der Waals surface area (Å²) in [4.78, 5) is 5.30. The molecule has 1 fully saturated rings. The van der Waals surface area contributed by atoms with Crippen LogP contribution in [-0.2, 0) is 0 Å². The van der Waals surface area contributed by atoms with Crippen molar-refractivity contribution in [1.82, 2.24) is 20.5 Å². The van der Waals surface area contributed by atoms with E-state index in [1.165, 1.54) is 0 Å². The van der Waals surface area contributed by atoms with Crippen LogP contribution in [0.2, 0.25) is 0 Å². The van der Waals surface area contributed by atoms with Gasteiger partial charge in [-0.15, -0.1) is 21.5 Å². The second-order valence-corrected chi connectivity index (χ2v) is 10.5. The maximum absolute atomic E-state index is 10.5. The minimum absolute atomic E-state index is 0.00391. The maximum Gasteiger partial charge on any atom is 0.233 e. The molecule has 0 saturated carbocycles. The van der Waals surface area contributed by atoms with E-state index >= 15 is 0 Å². The highest BCUT2D eigenvalue weighted by atomic mass is 32.1. The van der Waals surface area contributed by atoms with E-state index in [9.17, 15) is 5.11 Å². The second-order valence-electron chi connectivity index (χ2n) is 9.27. The van der Waals surface area contributed by atoms with Crippen LogP contribution in [0.5, 0.6) is 11.6 Å². The summed E-state index contributed by atoms with van der Waals surface area (Å²) in [5, 5.41) is 23.7. The Labute approximate surface area is 181 Å². The van der Waals surface area contributed by atoms with E-state index < -0.39 is 0 Å². The monoisotopic (exact) mass is 424 g/mol. The average Bonchev–Trinajstić information content (AvgIpc) is 3.06. The standard InChI is InChI=1S/C23H28N4O2S/c1-14-24-13-20(30-14)15-6-7-17(19(28)10-15)18-8-9-21(26-25-18)29-16-11-22(2,3)27-23(4,5)12-16/h6-10,13,16,27-28H,11-12H2,1-5H3. The molecule has 3 aromatic rings. The molecule has 0 spiro atoms. The fourth-order valence-electron chi connectivity index (χ4n) is 4.41. The van der Waals surface area contributed by atoms with Crippen LogP contribution >= 0.6 is 11.3 Å². The van der Waals surface area contributed by atoms with Crippen LogP contribution in [0.1, 0.15) is 45.5 Å². The maximum atomic E-state index is 10.5. The number of nitrogens with one attached hydrogen (secondary N) is 1. The number of aryl methyl sites for hydroxylation is 1. The smallest absolute Gasteiger partial charge is 0.233 e. The number of phenolic OH excluding ortho intramolecular Hbond substituents is 1. The molecule has 4 rings (SSSR count). The molecule has 1 aliphatic rings. The lowest BCUT2D eigenvalue weighted by molar-refractivity contribution is 0.0524. The van der Waals surface area contributed by atoms with Gasteiger partial charge in [0.25, 0.3) is 0 Å². The van der Waals surface area contributed by atoms with E-state index in [0.29, 0.717) is 17.1 Å². The predicted molar refractivity (Wildman–Crippen MR) is 120 cm³/mol. The number of thiazole rings is 1. The number of ether oxygens (including phenoxy) is 1. The van der Waals surface area contributed by atoms with Crippen molar-refractivity contribution in [1.29, 1.82) is 0 Å². The quantitative estimate of drug-likeness (QED) is 0.616. The van der Waals surface area contributed by atoms with Gasteiger partial charge in [0.1, 0.15) is 11.9 Å². The molecule has 0 amide bonds. The summed E-state index contributed by atoms with van der Waals surface area (Å²) in [7, 11) is 0. The van der Waals surface area contributed by atoms with Crippen LogP contribution in [0.3, 0.4) is 0 Å². The van der Waals surface area contributed by atoms with E-state index in [2.05, 4.69) is 48.2 Å². The third-order valence-electron chi connectivity index (χ3n) is 5.26. The minimum Gasteiger partial charge on any atom is -0.507 e. The first-order chi connectivity index (χ1) is 14.1. The number of rotatable bonds is 4. The van der Waals surface area contributed by atoms with Crippen LogP contribution in [0.25, 0.3) is 21.7 Å². The van der Waals surface area contributed by atoms with E-state index in [0.717, 1.165) is 28.3 Å². The van der Waals surface area contributed by atoms with Gasteiger partial charge in [-0.1, -0.05) is 6.07 Å². The third-order valence-corrected chi connectivity index (χ3v) is 6.22. The first kappa shape index (κ1) is 20.8. The summed E-state index contributed by atoms with van der Waals surface area (Å²) < 4.78 is 6.15. The van der Waals surface area contributed by atoms with Crippen LogP contribution in [0.4, 0.5) is 0 Å². The lowest BCUT2D eigenvalue weighted by Gasteiger charge is -2.46. The summed E-state index contributed by atoms with van der Waals surface area (Å²) in [5.74, 6) is 0.678. The second kappa shape index (κ2) is 7.63. The molecule has 2 aromatic heterocycles. The number of hydrogen-bond acceptors (Lipinski definition) is 7. The van der Waals surface area contributed by atoms with Crippen molar-refractivity contribution in [3.8, 4) is 33.3 Å². The molecule has 0 bridgehead atoms. The number of aromatic hydroxyl groups is 1. The van der Waals surface area contributed by atoms with Gasteiger partial charge in [0.05, 0.1) is 15.6 Å². The Balaban J connectivity index is 1.50. The molecule has 2 N–H and O–H groups in total. The zero-order valence-corrected chi connectivity index (χ0v) is 18.9. The number of aromatic nitrogens is 3. The average molecular weight is 425 g/mol. The SMILES string of the molecule is Cc1ncc(-c2ccc(-c3ccc(OC4CC(C)(C)NC(C)(C)C4)nn3)c(O)c2)s1. The summed E-state index contributed by atoms with van der Waals surface area (Å²) >= 11 is 1.60. The van der Waals surface area contributed by atoms with Gasteiger partial charge in [-0.3, -0.25) is 0 Å². The Morgan fingerprint density at radius 2 is 1.80 bits per heavy atom. The van der Waals surface area contributed by atoms with Crippen molar-refractivity contribution >= 4 is 11.3 Å². The van der Waals surface area contributed by atoms with Crippen molar-refractivity contribution in [3.05, 3.63) is 41.5 Å². The molecule has 1 aliphatic heterocycles. The predicted octanol–water partition coefficient (Wildman–Crippen LogP) is 4.97. The van der Waals surface area contributed by atoms with Crippen molar-refractivity contribution in [2.45, 2.75) is 64.6 Å². The molecule has 1 saturated heterocycles. The van der Waals surface area contributed by atoms with Crippen LogP contribution in [0.15, 0.2) is 36.5 Å². The Morgan fingerprint density at radius 3 is 2.37 bits per heavy atom. The first-order valence-corrected chi connectivity index (χ1v) is 11.0. The van der Waals surface area contributed by atoms with Gasteiger partial charge in [-0.2, -0.15) is 0 Å². The van der Waals surface area contributed by atoms with Crippen molar-refractivity contribution in [2.75, 3.05) is 0 Å². The molecular formula is C23H28N4O2S. The molecule has 158 valence electrons. The van der Waals surface area contributed by atoms with Crippen LogP contribution < -0.4 is 10.1 Å². The fourth-order valence-corrected chi connectivity index (χ4v) is 5.18.